The second-order valence-corrected chi connectivity index (χ2v) is 8.40. The van der Waals surface area contributed by atoms with Crippen molar-refractivity contribution in [3.63, 3.8) is 0 Å². The van der Waals surface area contributed by atoms with Crippen molar-refractivity contribution in [1.29, 1.82) is 0 Å². The summed E-state index contributed by atoms with van der Waals surface area (Å²) in [5.74, 6) is 0.731. The van der Waals surface area contributed by atoms with E-state index in [0.717, 1.165) is 50.9 Å². The van der Waals surface area contributed by atoms with Crippen LogP contribution in [0.1, 0.15) is 42.7 Å². The van der Waals surface area contributed by atoms with Gasteiger partial charge in [-0.15, -0.1) is 0 Å². The molecule has 1 atom stereocenters. The lowest BCUT2D eigenvalue weighted by atomic mass is 9.89. The third-order valence-corrected chi connectivity index (χ3v) is 6.43. The zero-order chi connectivity index (χ0) is 20.8. The van der Waals surface area contributed by atoms with Gasteiger partial charge in [-0.25, -0.2) is 0 Å². The van der Waals surface area contributed by atoms with Gasteiger partial charge >= 0.3 is 0 Å². The number of benzene rings is 2. The molecule has 5 heteroatoms. The molecule has 2 aliphatic heterocycles. The van der Waals surface area contributed by atoms with Crippen LogP contribution in [0.15, 0.2) is 60.7 Å². The van der Waals surface area contributed by atoms with Gasteiger partial charge in [0.25, 0.3) is 0 Å². The Labute approximate surface area is 179 Å². The minimum atomic E-state index is -0.195. The molecule has 2 aromatic carbocycles. The van der Waals surface area contributed by atoms with Crippen molar-refractivity contribution in [2.24, 2.45) is 0 Å². The molecular formula is C25H31N3O2. The van der Waals surface area contributed by atoms with Crippen LogP contribution in [0.4, 0.5) is 0 Å². The summed E-state index contributed by atoms with van der Waals surface area (Å²) >= 11 is 0. The van der Waals surface area contributed by atoms with Crippen LogP contribution >= 0.6 is 0 Å². The van der Waals surface area contributed by atoms with E-state index < -0.39 is 0 Å². The van der Waals surface area contributed by atoms with Gasteiger partial charge in [0.15, 0.2) is 0 Å². The number of carbonyl (C=O) groups excluding carboxylic acids is 2. The monoisotopic (exact) mass is 405 g/mol. The number of hydrogen-bond donors (Lipinski definition) is 1. The Kier molecular flexibility index (Phi) is 6.80. The molecule has 2 saturated heterocycles. The fraction of sp³-hybridized carbons (Fsp3) is 0.440. The number of nitrogens with zero attached hydrogens (tertiary/aromatic N) is 2. The van der Waals surface area contributed by atoms with Crippen LogP contribution in [-0.4, -0.2) is 53.8 Å². The van der Waals surface area contributed by atoms with Gasteiger partial charge in [-0.05, 0) is 49.3 Å². The number of piperidine rings is 1. The normalized spacial score (nSPS) is 20.3. The van der Waals surface area contributed by atoms with Crippen LogP contribution in [0.5, 0.6) is 0 Å². The predicted molar refractivity (Wildman–Crippen MR) is 118 cm³/mol. The van der Waals surface area contributed by atoms with E-state index in [4.69, 9.17) is 0 Å². The van der Waals surface area contributed by atoms with E-state index in [-0.39, 0.29) is 17.9 Å². The number of rotatable bonds is 6. The summed E-state index contributed by atoms with van der Waals surface area (Å²) in [4.78, 5) is 29.7. The Balaban J connectivity index is 1.26. The third kappa shape index (κ3) is 5.08. The summed E-state index contributed by atoms with van der Waals surface area (Å²) in [5.41, 5.74) is 2.46. The smallest absolute Gasteiger partial charge is 0.237 e. The van der Waals surface area contributed by atoms with E-state index in [1.807, 2.05) is 41.3 Å². The molecule has 2 aromatic rings. The first-order valence-electron chi connectivity index (χ1n) is 11.1. The van der Waals surface area contributed by atoms with E-state index in [9.17, 15) is 9.59 Å². The summed E-state index contributed by atoms with van der Waals surface area (Å²) in [7, 11) is 0. The van der Waals surface area contributed by atoms with E-state index in [2.05, 4.69) is 34.5 Å². The van der Waals surface area contributed by atoms with Crippen molar-refractivity contribution in [3.8, 4) is 0 Å². The van der Waals surface area contributed by atoms with Crippen molar-refractivity contribution in [3.05, 3.63) is 71.8 Å². The van der Waals surface area contributed by atoms with Gasteiger partial charge in [-0.3, -0.25) is 14.5 Å². The summed E-state index contributed by atoms with van der Waals surface area (Å²) < 4.78 is 0. The molecule has 158 valence electrons. The molecule has 0 radical (unpaired) electrons. The lowest BCUT2D eigenvalue weighted by Gasteiger charge is -2.34. The summed E-state index contributed by atoms with van der Waals surface area (Å²) in [6.07, 6.45) is 3.81. The number of hydrogen-bond acceptors (Lipinski definition) is 3. The van der Waals surface area contributed by atoms with Crippen LogP contribution in [0.25, 0.3) is 0 Å². The Hall–Kier alpha value is -2.66. The highest BCUT2D eigenvalue weighted by Gasteiger charge is 2.33. The van der Waals surface area contributed by atoms with Crippen molar-refractivity contribution >= 4 is 11.8 Å². The van der Waals surface area contributed by atoms with Crippen LogP contribution < -0.4 is 5.32 Å². The molecule has 0 unspecified atom stereocenters. The molecule has 2 fully saturated rings. The molecule has 2 aliphatic rings. The minimum Gasteiger partial charge on any atom is -0.351 e. The van der Waals surface area contributed by atoms with E-state index in [1.165, 1.54) is 5.56 Å². The molecule has 4 rings (SSSR count). The highest BCUT2D eigenvalue weighted by atomic mass is 16.2. The fourth-order valence-electron chi connectivity index (χ4n) is 4.68. The standard InChI is InChI=1S/C25H31N3O2/c29-24(27-16-13-22(14-17-27)21-10-5-2-6-11-21)19-28-15-7-12-23(28)25(30)26-18-20-8-3-1-4-9-20/h1-6,8-11,22-23H,7,12-19H2,(H,26,30)/t23-/m0/s1. The molecule has 1 N–H and O–H groups in total. The molecule has 0 aliphatic carbocycles. The minimum absolute atomic E-state index is 0.0342. The summed E-state index contributed by atoms with van der Waals surface area (Å²) in [6.45, 7) is 3.30. The molecule has 5 nitrogen and oxygen atoms in total. The van der Waals surface area contributed by atoms with Crippen molar-refractivity contribution in [2.45, 2.75) is 44.2 Å². The molecule has 0 saturated carbocycles. The number of amides is 2. The summed E-state index contributed by atoms with van der Waals surface area (Å²) in [5, 5.41) is 3.04. The first kappa shape index (κ1) is 20.6. The van der Waals surface area contributed by atoms with Gasteiger partial charge in [0.1, 0.15) is 0 Å². The maximum absolute atomic E-state index is 12.9. The van der Waals surface area contributed by atoms with Crippen molar-refractivity contribution in [1.82, 2.24) is 15.1 Å². The van der Waals surface area contributed by atoms with Gasteiger partial charge in [-0.2, -0.15) is 0 Å². The average molecular weight is 406 g/mol. The predicted octanol–water partition coefficient (Wildman–Crippen LogP) is 3.17. The van der Waals surface area contributed by atoms with Gasteiger partial charge in [-0.1, -0.05) is 60.7 Å². The van der Waals surface area contributed by atoms with Crippen LogP contribution in [0, 0.1) is 0 Å². The molecule has 0 bridgehead atoms. The highest BCUT2D eigenvalue weighted by Crippen LogP contribution is 2.28. The van der Waals surface area contributed by atoms with E-state index in [1.54, 1.807) is 0 Å². The van der Waals surface area contributed by atoms with Gasteiger partial charge in [0.2, 0.25) is 11.8 Å². The molecule has 2 heterocycles. The van der Waals surface area contributed by atoms with Crippen LogP contribution in [0.3, 0.4) is 0 Å². The number of likely N-dealkylation sites (tertiary alicyclic amines) is 2. The molecule has 30 heavy (non-hydrogen) atoms. The Morgan fingerprint density at radius 2 is 1.53 bits per heavy atom. The largest absolute Gasteiger partial charge is 0.351 e. The van der Waals surface area contributed by atoms with Gasteiger partial charge in [0.05, 0.1) is 12.6 Å². The van der Waals surface area contributed by atoms with E-state index in [0.29, 0.717) is 19.0 Å². The zero-order valence-electron chi connectivity index (χ0n) is 17.5. The van der Waals surface area contributed by atoms with E-state index >= 15 is 0 Å². The second-order valence-electron chi connectivity index (χ2n) is 8.40. The molecule has 2 amide bonds. The third-order valence-electron chi connectivity index (χ3n) is 6.43. The molecule has 0 spiro atoms. The maximum atomic E-state index is 12.9. The quantitative estimate of drug-likeness (QED) is 0.803. The zero-order valence-corrected chi connectivity index (χ0v) is 17.5. The van der Waals surface area contributed by atoms with Crippen LogP contribution in [-0.2, 0) is 16.1 Å². The lowest BCUT2D eigenvalue weighted by Crippen LogP contribution is -2.49. The molecule has 0 aromatic heterocycles. The number of carbonyl (C=O) groups is 2. The number of nitrogens with one attached hydrogen (secondary N) is 1. The Morgan fingerprint density at radius 1 is 0.867 bits per heavy atom. The van der Waals surface area contributed by atoms with Crippen molar-refractivity contribution in [2.75, 3.05) is 26.2 Å². The first-order valence-corrected chi connectivity index (χ1v) is 11.1. The Bertz CT molecular complexity index is 832. The van der Waals surface area contributed by atoms with Gasteiger partial charge in [0, 0.05) is 19.6 Å². The maximum Gasteiger partial charge on any atom is 0.237 e. The summed E-state index contributed by atoms with van der Waals surface area (Å²) in [6, 6.07) is 20.3. The lowest BCUT2D eigenvalue weighted by molar-refractivity contribution is -0.135. The SMILES string of the molecule is O=C(NCc1ccccc1)[C@@H]1CCCN1CC(=O)N1CCC(c2ccccc2)CC1. The van der Waals surface area contributed by atoms with Crippen LogP contribution in [0.2, 0.25) is 0 Å². The highest BCUT2D eigenvalue weighted by molar-refractivity contribution is 5.84. The first-order chi connectivity index (χ1) is 14.7. The average Bonchev–Trinajstić information content (AvgIpc) is 3.27. The topological polar surface area (TPSA) is 52.7 Å². The van der Waals surface area contributed by atoms with Crippen molar-refractivity contribution < 1.29 is 9.59 Å². The van der Waals surface area contributed by atoms with Gasteiger partial charge < -0.3 is 10.2 Å². The fourth-order valence-corrected chi connectivity index (χ4v) is 4.68. The Morgan fingerprint density at radius 3 is 2.23 bits per heavy atom. The second kappa shape index (κ2) is 9.90. The molecular weight excluding hydrogens is 374 g/mol.